The van der Waals surface area contributed by atoms with Crippen molar-refractivity contribution in [2.24, 2.45) is 0 Å². The number of ether oxygens (including phenoxy) is 2. The Hall–Kier alpha value is -3.51. The fourth-order valence-electron chi connectivity index (χ4n) is 2.56. The first-order chi connectivity index (χ1) is 15.7. The predicted octanol–water partition coefficient (Wildman–Crippen LogP) is 3.41. The Kier molecular flexibility index (Phi) is 7.61. The van der Waals surface area contributed by atoms with E-state index in [0.29, 0.717) is 5.69 Å². The molecule has 0 spiro atoms. The van der Waals surface area contributed by atoms with Crippen molar-refractivity contribution < 1.29 is 36.3 Å². The number of halogens is 2. The molecule has 8 nitrogen and oxygen atoms in total. The molecule has 2 aromatic carbocycles. The van der Waals surface area contributed by atoms with Gasteiger partial charge in [0.05, 0.1) is 5.69 Å². The van der Waals surface area contributed by atoms with Gasteiger partial charge in [0.25, 0.3) is 15.9 Å². The van der Waals surface area contributed by atoms with E-state index in [4.69, 9.17) is 9.47 Å². The second-order valence-electron chi connectivity index (χ2n) is 6.49. The monoisotopic (exact) mass is 496 g/mol. The van der Waals surface area contributed by atoms with E-state index >= 15 is 0 Å². The summed E-state index contributed by atoms with van der Waals surface area (Å²) in [7, 11) is -2.26. The summed E-state index contributed by atoms with van der Waals surface area (Å²) in [6, 6.07) is 12.2. The number of thiophene rings is 1. The molecule has 1 heterocycles. The molecule has 0 fully saturated rings. The van der Waals surface area contributed by atoms with Crippen molar-refractivity contribution in [2.45, 2.75) is 4.21 Å². The third kappa shape index (κ3) is 6.05. The molecule has 1 amide bonds. The van der Waals surface area contributed by atoms with Crippen molar-refractivity contribution in [1.29, 1.82) is 0 Å². The van der Waals surface area contributed by atoms with Gasteiger partial charge in [0, 0.05) is 7.05 Å². The zero-order valence-electron chi connectivity index (χ0n) is 17.2. The van der Waals surface area contributed by atoms with Crippen molar-refractivity contribution in [3.63, 3.8) is 0 Å². The molecular weight excluding hydrogens is 478 g/mol. The largest absolute Gasteiger partial charge is 0.482 e. The summed E-state index contributed by atoms with van der Waals surface area (Å²) < 4.78 is 63.4. The van der Waals surface area contributed by atoms with Gasteiger partial charge in [0.2, 0.25) is 0 Å². The molecule has 33 heavy (non-hydrogen) atoms. The van der Waals surface area contributed by atoms with Crippen LogP contribution in [0.2, 0.25) is 0 Å². The molecule has 0 aliphatic carbocycles. The number of esters is 1. The number of anilines is 2. The fraction of sp³-hybridized carbons (Fsp3) is 0.143. The number of para-hydroxylation sites is 1. The SMILES string of the molecule is CN(c1ccc(OCC(=O)OCC(=O)Nc2c(F)cccc2F)cc1)S(=O)(=O)c1cccs1. The maximum absolute atomic E-state index is 13.5. The number of sulfonamides is 1. The van der Waals surface area contributed by atoms with Crippen LogP contribution in [0.15, 0.2) is 64.2 Å². The molecule has 0 saturated heterocycles. The van der Waals surface area contributed by atoms with E-state index in [0.717, 1.165) is 33.8 Å². The molecule has 12 heteroatoms. The minimum absolute atomic E-state index is 0.204. The molecule has 1 N–H and O–H groups in total. The van der Waals surface area contributed by atoms with Crippen molar-refractivity contribution in [3.8, 4) is 5.75 Å². The molecule has 0 atom stereocenters. The highest BCUT2D eigenvalue weighted by molar-refractivity contribution is 7.94. The van der Waals surface area contributed by atoms with Gasteiger partial charge < -0.3 is 14.8 Å². The summed E-state index contributed by atoms with van der Waals surface area (Å²) in [5, 5.41) is 3.65. The standard InChI is InChI=1S/C21H18F2N2O6S2/c1-25(33(28,29)20-6-3-11-32-20)14-7-9-15(10-8-14)30-13-19(27)31-12-18(26)24-21-16(22)4-2-5-17(21)23/h2-11H,12-13H2,1H3,(H,24,26). The van der Waals surface area contributed by atoms with E-state index in [1.165, 1.54) is 37.4 Å². The Labute approximate surface area is 192 Å². The fourth-order valence-corrected chi connectivity index (χ4v) is 4.92. The Balaban J connectivity index is 1.48. The highest BCUT2D eigenvalue weighted by Crippen LogP contribution is 2.26. The number of benzene rings is 2. The number of amides is 1. The van der Waals surface area contributed by atoms with Gasteiger partial charge >= 0.3 is 5.97 Å². The highest BCUT2D eigenvalue weighted by Gasteiger charge is 2.22. The number of hydrogen-bond acceptors (Lipinski definition) is 7. The van der Waals surface area contributed by atoms with Crippen LogP contribution in [0.25, 0.3) is 0 Å². The molecule has 0 bridgehead atoms. The van der Waals surface area contributed by atoms with Crippen LogP contribution in [-0.2, 0) is 24.3 Å². The summed E-state index contributed by atoms with van der Waals surface area (Å²) in [5.41, 5.74) is -0.253. The van der Waals surface area contributed by atoms with Crippen LogP contribution >= 0.6 is 11.3 Å². The lowest BCUT2D eigenvalue weighted by atomic mass is 10.3. The third-order valence-corrected chi connectivity index (χ3v) is 7.42. The number of nitrogens with one attached hydrogen (secondary N) is 1. The van der Waals surface area contributed by atoms with E-state index < -0.39 is 52.4 Å². The lowest BCUT2D eigenvalue weighted by Gasteiger charge is -2.18. The van der Waals surface area contributed by atoms with Crippen molar-refractivity contribution in [3.05, 3.63) is 71.6 Å². The Morgan fingerprint density at radius 2 is 1.67 bits per heavy atom. The van der Waals surface area contributed by atoms with Gasteiger partial charge in [-0.1, -0.05) is 12.1 Å². The van der Waals surface area contributed by atoms with Crippen molar-refractivity contribution >= 4 is 44.6 Å². The van der Waals surface area contributed by atoms with E-state index in [2.05, 4.69) is 0 Å². The number of nitrogens with zero attached hydrogens (tertiary/aromatic N) is 1. The van der Waals surface area contributed by atoms with Crippen LogP contribution in [0.3, 0.4) is 0 Å². The van der Waals surface area contributed by atoms with Gasteiger partial charge in [-0.05, 0) is 47.8 Å². The van der Waals surface area contributed by atoms with Gasteiger partial charge in [-0.15, -0.1) is 11.3 Å². The lowest BCUT2D eigenvalue weighted by Crippen LogP contribution is -2.25. The second-order valence-corrected chi connectivity index (χ2v) is 9.64. The summed E-state index contributed by atoms with van der Waals surface area (Å²) in [6.45, 7) is -1.30. The number of carbonyl (C=O) groups excluding carboxylic acids is 2. The van der Waals surface area contributed by atoms with Gasteiger partial charge in [0.15, 0.2) is 13.2 Å². The first kappa shape index (κ1) is 24.1. The van der Waals surface area contributed by atoms with Crippen LogP contribution in [0.4, 0.5) is 20.2 Å². The van der Waals surface area contributed by atoms with Crippen LogP contribution < -0.4 is 14.4 Å². The minimum Gasteiger partial charge on any atom is -0.482 e. The molecule has 3 rings (SSSR count). The minimum atomic E-state index is -3.68. The molecule has 0 unspecified atom stereocenters. The lowest BCUT2D eigenvalue weighted by molar-refractivity contribution is -0.149. The predicted molar refractivity (Wildman–Crippen MR) is 118 cm³/mol. The summed E-state index contributed by atoms with van der Waals surface area (Å²) in [5.74, 6) is -3.48. The Morgan fingerprint density at radius 3 is 2.27 bits per heavy atom. The van der Waals surface area contributed by atoms with E-state index in [-0.39, 0.29) is 9.96 Å². The van der Waals surface area contributed by atoms with Crippen LogP contribution in [0.5, 0.6) is 5.75 Å². The van der Waals surface area contributed by atoms with Crippen LogP contribution in [0, 0.1) is 11.6 Å². The van der Waals surface area contributed by atoms with E-state index in [1.54, 1.807) is 11.4 Å². The normalized spacial score (nSPS) is 11.0. The highest BCUT2D eigenvalue weighted by atomic mass is 32.2. The van der Waals surface area contributed by atoms with Crippen LogP contribution in [-0.4, -0.2) is 40.6 Å². The van der Waals surface area contributed by atoms with Gasteiger partial charge in [-0.3, -0.25) is 9.10 Å². The zero-order valence-corrected chi connectivity index (χ0v) is 18.8. The Bertz CT molecular complexity index is 1210. The van der Waals surface area contributed by atoms with Crippen molar-refractivity contribution in [2.75, 3.05) is 29.9 Å². The van der Waals surface area contributed by atoms with Gasteiger partial charge in [-0.2, -0.15) is 0 Å². The molecular formula is C21H18F2N2O6S2. The molecule has 0 aliphatic rings. The van der Waals surface area contributed by atoms with Crippen molar-refractivity contribution in [1.82, 2.24) is 0 Å². The van der Waals surface area contributed by atoms with E-state index in [1.807, 2.05) is 5.32 Å². The topological polar surface area (TPSA) is 102 Å². The summed E-state index contributed by atoms with van der Waals surface area (Å²) in [6.07, 6.45) is 0. The van der Waals surface area contributed by atoms with E-state index in [9.17, 15) is 26.8 Å². The molecule has 0 aliphatic heterocycles. The molecule has 3 aromatic rings. The quantitative estimate of drug-likeness (QED) is 0.456. The smallest absolute Gasteiger partial charge is 0.344 e. The number of carbonyl (C=O) groups is 2. The molecule has 0 radical (unpaired) electrons. The molecule has 1 aromatic heterocycles. The summed E-state index contributed by atoms with van der Waals surface area (Å²) >= 11 is 1.10. The maximum Gasteiger partial charge on any atom is 0.344 e. The van der Waals surface area contributed by atoms with Gasteiger partial charge in [-0.25, -0.2) is 22.0 Å². The maximum atomic E-state index is 13.5. The molecule has 0 saturated carbocycles. The number of hydrogen-bond donors (Lipinski definition) is 1. The average molecular weight is 497 g/mol. The zero-order chi connectivity index (χ0) is 24.0. The van der Waals surface area contributed by atoms with Gasteiger partial charge in [0.1, 0.15) is 27.3 Å². The Morgan fingerprint density at radius 1 is 1.00 bits per heavy atom. The first-order valence-electron chi connectivity index (χ1n) is 9.33. The van der Waals surface area contributed by atoms with Crippen LogP contribution in [0.1, 0.15) is 0 Å². The first-order valence-corrected chi connectivity index (χ1v) is 11.7. The number of rotatable bonds is 9. The molecule has 174 valence electrons. The summed E-state index contributed by atoms with van der Waals surface area (Å²) in [4.78, 5) is 23.5. The third-order valence-electron chi connectivity index (χ3n) is 4.26. The second kappa shape index (κ2) is 10.4. The average Bonchev–Trinajstić information content (AvgIpc) is 3.35.